The normalized spacial score (nSPS) is 18.7. The number of benzene rings is 4. The van der Waals surface area contributed by atoms with E-state index in [4.69, 9.17) is 22.2 Å². The molecule has 0 fully saturated rings. The average Bonchev–Trinajstić information content (AvgIpc) is 3.10. The average molecular weight is 684 g/mol. The second kappa shape index (κ2) is 13.9. The predicted molar refractivity (Wildman–Crippen MR) is 189 cm³/mol. The first-order valence-electron chi connectivity index (χ1n) is 16.3. The van der Waals surface area contributed by atoms with E-state index in [0.717, 1.165) is 60.8 Å². The first kappa shape index (κ1) is 33.4. The molecule has 0 bridgehead atoms. The van der Waals surface area contributed by atoms with E-state index in [0.29, 0.717) is 23.7 Å². The van der Waals surface area contributed by atoms with Crippen molar-refractivity contribution in [3.05, 3.63) is 119 Å². The van der Waals surface area contributed by atoms with E-state index in [1.54, 1.807) is 78.9 Å². The molecule has 6 rings (SSSR count). The molecule has 3 unspecified atom stereocenters. The summed E-state index contributed by atoms with van der Waals surface area (Å²) in [5, 5.41) is 0. The molecule has 48 heavy (non-hydrogen) atoms. The molecule has 2 aliphatic carbocycles. The molecule has 0 heterocycles. The molecule has 11 heteroatoms. The van der Waals surface area contributed by atoms with Gasteiger partial charge in [0.25, 0.3) is 0 Å². The van der Waals surface area contributed by atoms with Crippen LogP contribution in [-0.4, -0.2) is 41.2 Å². The summed E-state index contributed by atoms with van der Waals surface area (Å²) in [6.45, 7) is 0.472. The molecule has 0 spiro atoms. The molecule has 3 atom stereocenters. The Labute approximate surface area is 282 Å². The molecule has 6 N–H and O–H groups in total. The summed E-state index contributed by atoms with van der Waals surface area (Å²) < 4.78 is 53.1. The van der Waals surface area contributed by atoms with Crippen LogP contribution in [0, 0.1) is 0 Å². The molecule has 2 aliphatic rings. The van der Waals surface area contributed by atoms with E-state index in [2.05, 4.69) is 4.99 Å². The van der Waals surface area contributed by atoms with Crippen molar-refractivity contribution < 1.29 is 16.8 Å². The molecular weight excluding hydrogens is 643 g/mol. The van der Waals surface area contributed by atoms with Crippen molar-refractivity contribution in [2.24, 2.45) is 27.2 Å². The predicted octanol–water partition coefficient (Wildman–Crippen LogP) is 5.28. The van der Waals surface area contributed by atoms with Gasteiger partial charge < -0.3 is 17.2 Å². The minimum atomic E-state index is -3.65. The highest BCUT2D eigenvalue weighted by molar-refractivity contribution is 7.91. The van der Waals surface area contributed by atoms with Crippen molar-refractivity contribution in [3.8, 4) is 0 Å². The fourth-order valence-corrected chi connectivity index (χ4v) is 9.75. The summed E-state index contributed by atoms with van der Waals surface area (Å²) in [5.74, 6) is 0.461. The maximum absolute atomic E-state index is 13.3. The third-order valence-electron chi connectivity index (χ3n) is 9.47. The minimum Gasteiger partial charge on any atom is -0.387 e. The fraction of sp³-hybridized carbons (Fsp3) is 0.297. The quantitative estimate of drug-likeness (QED) is 0.151. The number of hydrogen-bond donors (Lipinski definition) is 3. The van der Waals surface area contributed by atoms with Gasteiger partial charge in [-0.15, -0.1) is 0 Å². The Kier molecular flexibility index (Phi) is 9.70. The Morgan fingerprint density at radius 2 is 1.19 bits per heavy atom. The lowest BCUT2D eigenvalue weighted by atomic mass is 9.78. The van der Waals surface area contributed by atoms with Crippen LogP contribution in [0.2, 0.25) is 0 Å². The number of nitrogens with two attached hydrogens (primary N) is 3. The summed E-state index contributed by atoms with van der Waals surface area (Å²) in [7, 11) is -7.25. The van der Waals surface area contributed by atoms with Gasteiger partial charge in [-0.2, -0.15) is 0 Å². The van der Waals surface area contributed by atoms with Crippen molar-refractivity contribution in [2.75, 3.05) is 6.54 Å². The van der Waals surface area contributed by atoms with Crippen LogP contribution in [0.4, 0.5) is 0 Å². The Bertz CT molecular complexity index is 2060. The summed E-state index contributed by atoms with van der Waals surface area (Å²) >= 11 is 0. The monoisotopic (exact) mass is 683 g/mol. The van der Waals surface area contributed by atoms with Gasteiger partial charge in [-0.1, -0.05) is 48.5 Å². The van der Waals surface area contributed by atoms with Crippen molar-refractivity contribution in [3.63, 3.8) is 0 Å². The molecule has 0 radical (unpaired) electrons. The van der Waals surface area contributed by atoms with Gasteiger partial charge in [0.15, 0.2) is 5.96 Å². The fourth-order valence-electron chi connectivity index (χ4n) is 7.09. The molecule has 0 amide bonds. The topological polar surface area (TPSA) is 171 Å². The molecule has 4 aromatic rings. The lowest BCUT2D eigenvalue weighted by molar-refractivity contribution is 0.469. The first-order chi connectivity index (χ1) is 23.0. The highest BCUT2D eigenvalue weighted by Gasteiger charge is 2.31. The summed E-state index contributed by atoms with van der Waals surface area (Å²) in [5.41, 5.74) is 22.5. The van der Waals surface area contributed by atoms with Gasteiger partial charge in [0.1, 0.15) is 0 Å². The summed E-state index contributed by atoms with van der Waals surface area (Å²) in [6.07, 6.45) is 5.47. The highest BCUT2D eigenvalue weighted by Crippen LogP contribution is 2.39. The largest absolute Gasteiger partial charge is 0.387 e. The number of guanidine groups is 1. The van der Waals surface area contributed by atoms with E-state index in [1.807, 2.05) is 18.2 Å². The number of sulfone groups is 2. The van der Waals surface area contributed by atoms with Crippen molar-refractivity contribution in [1.29, 1.82) is 0 Å². The van der Waals surface area contributed by atoms with Crippen LogP contribution in [0.15, 0.2) is 127 Å². The van der Waals surface area contributed by atoms with Crippen LogP contribution in [0.1, 0.15) is 66.2 Å². The van der Waals surface area contributed by atoms with Crippen LogP contribution in [0.25, 0.3) is 0 Å². The number of aliphatic imine (C=N–C) groups is 2. The first-order valence-corrected chi connectivity index (χ1v) is 19.2. The molecule has 0 aromatic heterocycles. The van der Waals surface area contributed by atoms with Gasteiger partial charge in [0.2, 0.25) is 19.7 Å². The molecule has 4 aromatic carbocycles. The van der Waals surface area contributed by atoms with Gasteiger partial charge in [0.05, 0.1) is 31.5 Å². The maximum Gasteiger partial charge on any atom is 0.206 e. The van der Waals surface area contributed by atoms with Crippen molar-refractivity contribution in [1.82, 2.24) is 0 Å². The third-order valence-corrected chi connectivity index (χ3v) is 13.0. The number of amidine groups is 1. The van der Waals surface area contributed by atoms with Crippen molar-refractivity contribution >= 4 is 31.5 Å². The van der Waals surface area contributed by atoms with E-state index in [1.165, 1.54) is 0 Å². The highest BCUT2D eigenvalue weighted by atomic mass is 32.2. The van der Waals surface area contributed by atoms with E-state index >= 15 is 0 Å². The van der Waals surface area contributed by atoms with Crippen LogP contribution in [-0.2, 0) is 32.5 Å². The molecule has 0 saturated carbocycles. The second-order valence-corrected chi connectivity index (χ2v) is 16.5. The van der Waals surface area contributed by atoms with Crippen LogP contribution >= 0.6 is 0 Å². The van der Waals surface area contributed by atoms with E-state index in [-0.39, 0.29) is 38.5 Å². The molecule has 250 valence electrons. The van der Waals surface area contributed by atoms with Gasteiger partial charge >= 0.3 is 0 Å². The van der Waals surface area contributed by atoms with Crippen LogP contribution < -0.4 is 17.2 Å². The van der Waals surface area contributed by atoms with Gasteiger partial charge in [-0.3, -0.25) is 4.99 Å². The van der Waals surface area contributed by atoms with Gasteiger partial charge in [-0.25, -0.2) is 21.8 Å². The van der Waals surface area contributed by atoms with Crippen LogP contribution in [0.3, 0.4) is 0 Å². The molecule has 0 saturated heterocycles. The zero-order valence-electron chi connectivity index (χ0n) is 26.7. The summed E-state index contributed by atoms with van der Waals surface area (Å²) in [6, 6.07) is 27.3. The molecular formula is C37H41N5O4S2. The minimum absolute atomic E-state index is 0.0364. The number of hydrogen-bond acceptors (Lipinski definition) is 6. The smallest absolute Gasteiger partial charge is 0.206 e. The SMILES string of the molecule is NC(N)=NC(CC(N)=NCC1CCCc2cc(S(=O)(=O)c3ccccc3)ccc21)C1CCCc2cc(S(=O)(=O)c3ccccc3)ccc21. The zero-order valence-corrected chi connectivity index (χ0v) is 28.3. The lowest BCUT2D eigenvalue weighted by Gasteiger charge is -2.31. The molecule has 9 nitrogen and oxygen atoms in total. The Balaban J connectivity index is 1.20. The maximum atomic E-state index is 13.3. The van der Waals surface area contributed by atoms with E-state index < -0.39 is 19.7 Å². The summed E-state index contributed by atoms with van der Waals surface area (Å²) in [4.78, 5) is 10.5. The molecule has 0 aliphatic heterocycles. The number of nitrogens with zero attached hydrogens (tertiary/aromatic N) is 2. The Hall–Kier alpha value is -4.48. The lowest BCUT2D eigenvalue weighted by Crippen LogP contribution is -2.32. The van der Waals surface area contributed by atoms with Crippen molar-refractivity contribution in [2.45, 2.75) is 82.4 Å². The number of fused-ring (bicyclic) bond motifs is 2. The zero-order chi connectivity index (χ0) is 33.9. The standard InChI is InChI=1S/C37H41N5O4S2/c38-36(41-24-27-11-7-9-25-21-30(17-19-32(25)27)47(43,44)28-12-3-1-4-13-28)23-35(42-37(39)40)34-16-8-10-26-22-31(18-20-33(26)34)48(45,46)29-14-5-2-6-15-29/h1-6,12-15,17-22,27,34-35H,7-11,16,23-24H2,(H2,38,41)(H4,39,40,42). The number of rotatable bonds is 10. The number of aryl methyl sites for hydroxylation is 2. The second-order valence-electron chi connectivity index (χ2n) is 12.6. The van der Waals surface area contributed by atoms with Crippen LogP contribution in [0.5, 0.6) is 0 Å². The van der Waals surface area contributed by atoms with E-state index in [9.17, 15) is 16.8 Å². The Morgan fingerprint density at radius 3 is 1.75 bits per heavy atom. The van der Waals surface area contributed by atoms with Gasteiger partial charge in [-0.05, 0) is 109 Å². The third kappa shape index (κ3) is 7.02. The Morgan fingerprint density at radius 1 is 0.667 bits per heavy atom. The van der Waals surface area contributed by atoms with Gasteiger partial charge in [0, 0.05) is 24.8 Å².